The molecule has 0 aliphatic carbocycles. The molecule has 0 radical (unpaired) electrons. The molecule has 0 spiro atoms. The highest BCUT2D eigenvalue weighted by Gasteiger charge is 2.40. The number of amides is 3. The van der Waals surface area contributed by atoms with Crippen LogP contribution in [0, 0.1) is 5.92 Å². The predicted molar refractivity (Wildman–Crippen MR) is 251 cm³/mol. The number of halogens is 3. The highest BCUT2D eigenvalue weighted by molar-refractivity contribution is 7.90. The number of hydrogen-bond donors (Lipinski definition) is 3. The molecule has 0 saturated carbocycles. The van der Waals surface area contributed by atoms with E-state index in [0.29, 0.717) is 41.4 Å². The summed E-state index contributed by atoms with van der Waals surface area (Å²) in [6.45, 7) is 5.26. The number of carbonyl (C=O) groups is 4. The zero-order valence-electron chi connectivity index (χ0n) is 36.1. The average molecular weight is 956 g/mol. The minimum absolute atomic E-state index is 0.0346. The maximum atomic E-state index is 14.1. The summed E-state index contributed by atoms with van der Waals surface area (Å²) in [5.74, 6) is -0.274. The summed E-state index contributed by atoms with van der Waals surface area (Å²) in [5, 5.41) is 2.82. The van der Waals surface area contributed by atoms with Gasteiger partial charge in [-0.1, -0.05) is 47.5 Å². The maximum absolute atomic E-state index is 14.1. The smallest absolute Gasteiger partial charge is 0.301 e. The molecule has 1 unspecified atom stereocenters. The van der Waals surface area contributed by atoms with Crippen molar-refractivity contribution in [3.63, 3.8) is 0 Å². The van der Waals surface area contributed by atoms with Crippen molar-refractivity contribution in [2.75, 3.05) is 55.4 Å². The van der Waals surface area contributed by atoms with Gasteiger partial charge in [-0.25, -0.2) is 9.37 Å². The minimum Gasteiger partial charge on any atom is -0.372 e. The molecule has 2 aromatic heterocycles. The van der Waals surface area contributed by atoms with Crippen molar-refractivity contribution in [1.29, 1.82) is 0 Å². The van der Waals surface area contributed by atoms with Crippen molar-refractivity contribution in [3.05, 3.63) is 111 Å². The van der Waals surface area contributed by atoms with Crippen LogP contribution in [0.15, 0.2) is 73.1 Å². The second kappa shape index (κ2) is 18.0. The zero-order chi connectivity index (χ0) is 45.9. The molecule has 14 nitrogen and oxygen atoms in total. The van der Waals surface area contributed by atoms with Crippen molar-refractivity contribution in [2.24, 2.45) is 5.92 Å². The summed E-state index contributed by atoms with van der Waals surface area (Å²) >= 11 is 13.2. The largest absolute Gasteiger partial charge is 0.372 e. The van der Waals surface area contributed by atoms with Gasteiger partial charge in [-0.05, 0) is 117 Å². The fourth-order valence-corrected chi connectivity index (χ4v) is 12.3. The van der Waals surface area contributed by atoms with Gasteiger partial charge in [-0.3, -0.25) is 29.2 Å². The van der Waals surface area contributed by atoms with Crippen LogP contribution in [-0.4, -0.2) is 114 Å². The van der Waals surface area contributed by atoms with E-state index < -0.39 is 28.2 Å². The van der Waals surface area contributed by atoms with E-state index in [0.717, 1.165) is 85.1 Å². The number of anilines is 2. The molecular formula is C48H49Cl2FN8O6S. The first-order valence-corrected chi connectivity index (χ1v) is 24.8. The van der Waals surface area contributed by atoms with Crippen LogP contribution < -0.4 is 14.9 Å². The fraction of sp³-hybridized carbons (Fsp3) is 0.396. The van der Waals surface area contributed by atoms with Gasteiger partial charge < -0.3 is 19.7 Å². The normalized spacial score (nSPS) is 21.5. The Balaban J connectivity index is 0.730. The molecule has 4 saturated heterocycles. The van der Waals surface area contributed by atoms with Crippen LogP contribution >= 0.6 is 23.2 Å². The lowest BCUT2D eigenvalue weighted by Gasteiger charge is -2.38. The van der Waals surface area contributed by atoms with Crippen LogP contribution in [0.5, 0.6) is 0 Å². The number of rotatable bonds is 11. The van der Waals surface area contributed by atoms with Crippen LogP contribution in [0.25, 0.3) is 22.2 Å². The lowest BCUT2D eigenvalue weighted by molar-refractivity contribution is -0.136. The quantitative estimate of drug-likeness (QED) is 0.0908. The topological polar surface area (TPSA) is 168 Å². The first kappa shape index (κ1) is 44.4. The van der Waals surface area contributed by atoms with E-state index in [1.165, 1.54) is 23.9 Å². The number of piperidine rings is 3. The number of alkyl halides is 1. The Bertz CT molecular complexity index is 2860. The molecule has 3 aromatic carbocycles. The molecule has 3 N–H and O–H groups in total. The molecule has 4 fully saturated rings. The van der Waals surface area contributed by atoms with Crippen LogP contribution in [0.2, 0.25) is 10.0 Å². The van der Waals surface area contributed by atoms with E-state index in [9.17, 15) is 32.0 Å². The molecule has 10 rings (SSSR count). The van der Waals surface area contributed by atoms with Crippen LogP contribution in [0.1, 0.15) is 88.3 Å². The van der Waals surface area contributed by atoms with Gasteiger partial charge in [0.25, 0.3) is 5.91 Å². The third-order valence-electron chi connectivity index (χ3n) is 14.1. The van der Waals surface area contributed by atoms with Gasteiger partial charge in [0.1, 0.15) is 17.9 Å². The minimum atomic E-state index is -4.12. The summed E-state index contributed by atoms with van der Waals surface area (Å²) in [6, 6.07) is 18.6. The number of hydrogen-bond acceptors (Lipinski definition) is 9. The van der Waals surface area contributed by atoms with Crippen molar-refractivity contribution in [2.45, 2.75) is 69.6 Å². The SMILES string of the molecule is O=C1CCC(N2Cc3cc(C4CCN(CC5CCN(c6ccc(-c7cnc8[nH]cc(C(=O)c9c(Cl)ccc(NS(=O)(=O)N%10CC[C@@H](F)C%10)c9Cl)c8c7)cc6)CC5)CC4)ccc3C2=O)C(=O)N1. The lowest BCUT2D eigenvalue weighted by atomic mass is 9.87. The summed E-state index contributed by atoms with van der Waals surface area (Å²) in [4.78, 5) is 65.7. The molecule has 2 atom stereocenters. The molecule has 7 heterocycles. The molecule has 66 heavy (non-hydrogen) atoms. The first-order valence-electron chi connectivity index (χ1n) is 22.6. The number of ketones is 1. The molecule has 3 amide bonds. The van der Waals surface area contributed by atoms with Gasteiger partial charge in [0.15, 0.2) is 5.78 Å². The van der Waals surface area contributed by atoms with E-state index in [1.54, 1.807) is 11.1 Å². The third-order valence-corrected chi connectivity index (χ3v) is 16.3. The number of imide groups is 1. The summed E-state index contributed by atoms with van der Waals surface area (Å²) < 4.78 is 43.2. The molecule has 0 bridgehead atoms. The monoisotopic (exact) mass is 954 g/mol. The summed E-state index contributed by atoms with van der Waals surface area (Å²) in [6.07, 6.45) is 7.08. The standard InChI is InChI=1S/C48H49Cl2FN8O6S/c49-39-7-8-40(55-66(64,65)58-20-15-34(51)27-58)44(50)43(39)45(61)38-24-53-46-37(38)22-32(23-52-46)29-1-4-35(5-2-29)57-18-11-28(12-19-57)25-56-16-13-30(14-17-56)31-3-6-36-33(21-31)26-59(48(36)63)41-9-10-42(60)54-47(41)62/h1-8,21-24,28,30,34,41,55H,9-20,25-27H2,(H,52,53)(H,54,60,62)/t34-,41?/m1/s1. The molecule has 5 aliphatic heterocycles. The van der Waals surface area contributed by atoms with Crippen LogP contribution in [0.3, 0.4) is 0 Å². The average Bonchev–Trinajstić information content (AvgIpc) is 4.04. The number of H-pyrrole nitrogens is 1. The molecule has 344 valence electrons. The van der Waals surface area contributed by atoms with E-state index in [-0.39, 0.29) is 70.5 Å². The van der Waals surface area contributed by atoms with E-state index in [4.69, 9.17) is 23.2 Å². The first-order chi connectivity index (χ1) is 31.8. The number of pyridine rings is 1. The Hall–Kier alpha value is -5.39. The van der Waals surface area contributed by atoms with E-state index in [1.807, 2.05) is 12.1 Å². The van der Waals surface area contributed by atoms with E-state index in [2.05, 4.69) is 66.2 Å². The van der Waals surface area contributed by atoms with Crippen molar-refractivity contribution >= 4 is 79.3 Å². The lowest BCUT2D eigenvalue weighted by Crippen LogP contribution is -2.52. The maximum Gasteiger partial charge on any atom is 0.301 e. The fourth-order valence-electron chi connectivity index (χ4n) is 10.3. The number of nitrogens with zero attached hydrogens (tertiary/aromatic N) is 5. The number of nitrogens with one attached hydrogen (secondary N) is 3. The Morgan fingerprint density at radius 3 is 2.38 bits per heavy atom. The van der Waals surface area contributed by atoms with Crippen LogP contribution in [-0.2, 0) is 26.3 Å². The highest BCUT2D eigenvalue weighted by Crippen LogP contribution is 2.38. The third kappa shape index (κ3) is 8.69. The zero-order valence-corrected chi connectivity index (χ0v) is 38.4. The van der Waals surface area contributed by atoms with Gasteiger partial charge in [0, 0.05) is 85.8 Å². The highest BCUT2D eigenvalue weighted by atomic mass is 35.5. The number of aromatic nitrogens is 2. The van der Waals surface area contributed by atoms with Gasteiger partial charge >= 0.3 is 10.2 Å². The second-order valence-corrected chi connectivity index (χ2v) is 20.6. The van der Waals surface area contributed by atoms with Crippen molar-refractivity contribution in [3.8, 4) is 11.1 Å². The Labute approximate surface area is 392 Å². The summed E-state index contributed by atoms with van der Waals surface area (Å²) in [5.41, 5.74) is 6.42. The molecule has 5 aliphatic rings. The van der Waals surface area contributed by atoms with Crippen molar-refractivity contribution in [1.82, 2.24) is 29.4 Å². The Morgan fingerprint density at radius 1 is 0.879 bits per heavy atom. The molecular weight excluding hydrogens is 907 g/mol. The molecule has 5 aromatic rings. The van der Waals surface area contributed by atoms with Gasteiger partial charge in [-0.15, -0.1) is 0 Å². The number of carbonyl (C=O) groups excluding carboxylic acids is 4. The van der Waals surface area contributed by atoms with Crippen LogP contribution in [0.4, 0.5) is 15.8 Å². The second-order valence-electron chi connectivity index (χ2n) is 18.2. The van der Waals surface area contributed by atoms with E-state index >= 15 is 0 Å². The number of aromatic amines is 1. The Kier molecular flexibility index (Phi) is 12.1. The van der Waals surface area contributed by atoms with Gasteiger partial charge in [-0.2, -0.15) is 12.7 Å². The number of likely N-dealkylation sites (tertiary alicyclic amines) is 1. The number of fused-ring (bicyclic) bond motifs is 2. The Morgan fingerprint density at radius 2 is 1.65 bits per heavy atom. The van der Waals surface area contributed by atoms with Crippen molar-refractivity contribution < 1.29 is 32.0 Å². The predicted octanol–water partition coefficient (Wildman–Crippen LogP) is 7.33. The van der Waals surface area contributed by atoms with Gasteiger partial charge in [0.2, 0.25) is 11.8 Å². The van der Waals surface area contributed by atoms with Gasteiger partial charge in [0.05, 0.1) is 21.3 Å². The molecule has 18 heteroatoms. The number of benzene rings is 3. The summed E-state index contributed by atoms with van der Waals surface area (Å²) in [7, 11) is -4.12.